The Bertz CT molecular complexity index is 574. The Morgan fingerprint density at radius 3 is 2.74 bits per heavy atom. The molecule has 0 saturated carbocycles. The van der Waals surface area contributed by atoms with Gasteiger partial charge >= 0.3 is 0 Å². The van der Waals surface area contributed by atoms with Crippen LogP contribution >= 0.6 is 11.6 Å². The summed E-state index contributed by atoms with van der Waals surface area (Å²) < 4.78 is 18.5. The van der Waals surface area contributed by atoms with E-state index in [1.54, 1.807) is 19.2 Å². The summed E-state index contributed by atoms with van der Waals surface area (Å²) in [5.41, 5.74) is 7.73. The van der Waals surface area contributed by atoms with Gasteiger partial charge in [0.1, 0.15) is 11.6 Å². The average molecular weight is 280 g/mol. The molecule has 2 rings (SSSR count). The summed E-state index contributed by atoms with van der Waals surface area (Å²) in [5.74, 6) is 0.329. The number of ether oxygens (including phenoxy) is 1. The van der Waals surface area contributed by atoms with E-state index in [1.807, 2.05) is 24.3 Å². The fourth-order valence-electron chi connectivity index (χ4n) is 1.97. The van der Waals surface area contributed by atoms with Crippen molar-refractivity contribution in [1.29, 1.82) is 0 Å². The van der Waals surface area contributed by atoms with Crippen LogP contribution in [0.5, 0.6) is 5.75 Å². The lowest BCUT2D eigenvalue weighted by Crippen LogP contribution is -2.14. The molecule has 0 saturated heterocycles. The molecule has 0 bridgehead atoms. The maximum absolute atomic E-state index is 13.4. The molecule has 2 nitrogen and oxygen atoms in total. The minimum Gasteiger partial charge on any atom is -0.497 e. The molecule has 2 N–H and O–H groups in total. The zero-order chi connectivity index (χ0) is 13.8. The average Bonchev–Trinajstić information content (AvgIpc) is 2.42. The third-order valence-electron chi connectivity index (χ3n) is 2.97. The van der Waals surface area contributed by atoms with E-state index in [9.17, 15) is 4.39 Å². The molecule has 2 aromatic rings. The van der Waals surface area contributed by atoms with Crippen LogP contribution in [0.15, 0.2) is 42.5 Å². The number of hydrogen-bond acceptors (Lipinski definition) is 2. The Balaban J connectivity index is 2.20. The quantitative estimate of drug-likeness (QED) is 0.925. The standard InChI is InChI=1S/C15H15ClFNO/c1-19-11-5-2-4-10(8-11)9-14(18)12-6-3-7-13(17)15(12)16/h2-8,14H,9,18H2,1H3. The molecule has 0 heterocycles. The topological polar surface area (TPSA) is 35.2 Å². The van der Waals surface area contributed by atoms with Crippen LogP contribution in [0.25, 0.3) is 0 Å². The molecule has 0 radical (unpaired) electrons. The Morgan fingerprint density at radius 1 is 1.26 bits per heavy atom. The minimum atomic E-state index is -0.444. The maximum Gasteiger partial charge on any atom is 0.142 e. The summed E-state index contributed by atoms with van der Waals surface area (Å²) in [4.78, 5) is 0. The van der Waals surface area contributed by atoms with Crippen molar-refractivity contribution in [2.45, 2.75) is 12.5 Å². The highest BCUT2D eigenvalue weighted by Gasteiger charge is 2.13. The van der Waals surface area contributed by atoms with Gasteiger partial charge in [-0.05, 0) is 35.7 Å². The maximum atomic E-state index is 13.4. The second-order valence-corrected chi connectivity index (χ2v) is 4.68. The van der Waals surface area contributed by atoms with E-state index in [4.69, 9.17) is 22.1 Å². The van der Waals surface area contributed by atoms with Gasteiger partial charge in [-0.3, -0.25) is 0 Å². The van der Waals surface area contributed by atoms with Gasteiger partial charge in [-0.25, -0.2) is 4.39 Å². The van der Waals surface area contributed by atoms with Gasteiger partial charge in [-0.15, -0.1) is 0 Å². The van der Waals surface area contributed by atoms with Gasteiger partial charge in [-0.2, -0.15) is 0 Å². The second-order valence-electron chi connectivity index (χ2n) is 4.31. The van der Waals surface area contributed by atoms with E-state index < -0.39 is 5.82 Å². The molecule has 0 fully saturated rings. The molecule has 0 aliphatic heterocycles. The van der Waals surface area contributed by atoms with Crippen molar-refractivity contribution < 1.29 is 9.13 Å². The van der Waals surface area contributed by atoms with Crippen LogP contribution in [-0.2, 0) is 6.42 Å². The van der Waals surface area contributed by atoms with Crippen LogP contribution in [0, 0.1) is 5.82 Å². The van der Waals surface area contributed by atoms with E-state index in [2.05, 4.69) is 0 Å². The van der Waals surface area contributed by atoms with Crippen molar-refractivity contribution in [2.24, 2.45) is 5.73 Å². The highest BCUT2D eigenvalue weighted by molar-refractivity contribution is 6.31. The monoisotopic (exact) mass is 279 g/mol. The number of nitrogens with two attached hydrogens (primary N) is 1. The molecule has 1 atom stereocenters. The first-order chi connectivity index (χ1) is 9.11. The van der Waals surface area contributed by atoms with Gasteiger partial charge in [0.2, 0.25) is 0 Å². The van der Waals surface area contributed by atoms with Gasteiger partial charge in [0.25, 0.3) is 0 Å². The predicted molar refractivity (Wildman–Crippen MR) is 75.0 cm³/mol. The highest BCUT2D eigenvalue weighted by Crippen LogP contribution is 2.27. The fourth-order valence-corrected chi connectivity index (χ4v) is 2.24. The summed E-state index contributed by atoms with van der Waals surface area (Å²) >= 11 is 5.93. The predicted octanol–water partition coefficient (Wildman–Crippen LogP) is 3.73. The van der Waals surface area contributed by atoms with Crippen LogP contribution in [0.1, 0.15) is 17.2 Å². The lowest BCUT2D eigenvalue weighted by Gasteiger charge is -2.14. The van der Waals surface area contributed by atoms with Crippen LogP contribution in [0.2, 0.25) is 5.02 Å². The normalized spacial score (nSPS) is 12.2. The van der Waals surface area contributed by atoms with Gasteiger partial charge < -0.3 is 10.5 Å². The molecule has 0 spiro atoms. The van der Waals surface area contributed by atoms with Crippen LogP contribution in [0.3, 0.4) is 0 Å². The zero-order valence-electron chi connectivity index (χ0n) is 10.6. The highest BCUT2D eigenvalue weighted by atomic mass is 35.5. The molecule has 100 valence electrons. The fraction of sp³-hybridized carbons (Fsp3) is 0.200. The van der Waals surface area contributed by atoms with Gasteiger partial charge in [0.15, 0.2) is 0 Å². The first kappa shape index (κ1) is 13.8. The lowest BCUT2D eigenvalue weighted by atomic mass is 9.99. The number of rotatable bonds is 4. The summed E-state index contributed by atoms with van der Waals surface area (Å²) in [6.45, 7) is 0. The smallest absolute Gasteiger partial charge is 0.142 e. The minimum absolute atomic E-state index is 0.0953. The van der Waals surface area contributed by atoms with E-state index in [-0.39, 0.29) is 11.1 Å². The Kier molecular flexibility index (Phi) is 4.40. The van der Waals surface area contributed by atoms with Crippen molar-refractivity contribution in [3.63, 3.8) is 0 Å². The Labute approximate surface area is 117 Å². The van der Waals surface area contributed by atoms with Crippen LogP contribution < -0.4 is 10.5 Å². The van der Waals surface area contributed by atoms with Gasteiger partial charge in [-0.1, -0.05) is 35.9 Å². The first-order valence-corrected chi connectivity index (χ1v) is 6.32. The summed E-state index contributed by atoms with van der Waals surface area (Å²) in [6, 6.07) is 12.0. The van der Waals surface area contributed by atoms with Gasteiger partial charge in [0, 0.05) is 6.04 Å². The molecule has 0 aromatic heterocycles. The Hall–Kier alpha value is -1.58. The van der Waals surface area contributed by atoms with E-state index in [1.165, 1.54) is 6.07 Å². The first-order valence-electron chi connectivity index (χ1n) is 5.94. The molecule has 2 aromatic carbocycles. The summed E-state index contributed by atoms with van der Waals surface area (Å²) in [6.07, 6.45) is 0.570. The Morgan fingerprint density at radius 2 is 2.00 bits per heavy atom. The summed E-state index contributed by atoms with van der Waals surface area (Å²) in [5, 5.41) is 0.0953. The molecule has 0 aliphatic rings. The van der Waals surface area contributed by atoms with E-state index in [0.29, 0.717) is 12.0 Å². The number of halogens is 2. The lowest BCUT2D eigenvalue weighted by molar-refractivity contribution is 0.414. The third kappa shape index (κ3) is 3.25. The molecule has 1 unspecified atom stereocenters. The molecule has 0 aliphatic carbocycles. The van der Waals surface area contributed by atoms with Crippen molar-refractivity contribution in [1.82, 2.24) is 0 Å². The second kappa shape index (κ2) is 6.04. The largest absolute Gasteiger partial charge is 0.497 e. The van der Waals surface area contributed by atoms with E-state index in [0.717, 1.165) is 11.3 Å². The number of benzene rings is 2. The van der Waals surface area contributed by atoms with Crippen LogP contribution in [0.4, 0.5) is 4.39 Å². The molecular formula is C15H15ClFNO. The van der Waals surface area contributed by atoms with Crippen LogP contribution in [-0.4, -0.2) is 7.11 Å². The zero-order valence-corrected chi connectivity index (χ0v) is 11.3. The summed E-state index contributed by atoms with van der Waals surface area (Å²) in [7, 11) is 1.61. The molecule has 0 amide bonds. The third-order valence-corrected chi connectivity index (χ3v) is 3.37. The van der Waals surface area contributed by atoms with Crippen molar-refractivity contribution in [3.05, 3.63) is 64.4 Å². The van der Waals surface area contributed by atoms with Crippen molar-refractivity contribution >= 4 is 11.6 Å². The molecule has 19 heavy (non-hydrogen) atoms. The number of hydrogen-bond donors (Lipinski definition) is 1. The SMILES string of the molecule is COc1cccc(CC(N)c2cccc(F)c2Cl)c1. The number of methoxy groups -OCH3 is 1. The van der Waals surface area contributed by atoms with E-state index >= 15 is 0 Å². The van der Waals surface area contributed by atoms with Gasteiger partial charge in [0.05, 0.1) is 12.1 Å². The van der Waals surface area contributed by atoms with Crippen molar-refractivity contribution in [3.8, 4) is 5.75 Å². The molecular weight excluding hydrogens is 265 g/mol. The molecule has 4 heteroatoms. The van der Waals surface area contributed by atoms with Crippen molar-refractivity contribution in [2.75, 3.05) is 7.11 Å².